The third-order valence-electron chi connectivity index (χ3n) is 6.75. The van der Waals surface area contributed by atoms with Gasteiger partial charge in [-0.25, -0.2) is 9.78 Å². The summed E-state index contributed by atoms with van der Waals surface area (Å²) >= 11 is 0. The Morgan fingerprint density at radius 1 is 1.22 bits per heavy atom. The second-order valence-corrected chi connectivity index (χ2v) is 8.68. The van der Waals surface area contributed by atoms with E-state index in [4.69, 9.17) is 15.5 Å². The number of benzene rings is 1. The molecule has 32 heavy (non-hydrogen) atoms. The second kappa shape index (κ2) is 7.83. The maximum atomic E-state index is 13.7. The topological polar surface area (TPSA) is 107 Å². The van der Waals surface area contributed by atoms with Crippen LogP contribution in [-0.2, 0) is 21.7 Å². The van der Waals surface area contributed by atoms with Gasteiger partial charge in [-0.2, -0.15) is 0 Å². The van der Waals surface area contributed by atoms with Crippen LogP contribution in [0.5, 0.6) is 0 Å². The number of nitrogens with zero attached hydrogens (tertiary/aromatic N) is 2. The minimum atomic E-state index is -1.84. The van der Waals surface area contributed by atoms with Crippen molar-refractivity contribution in [1.29, 1.82) is 0 Å². The number of carbonyl (C=O) groups is 1. The van der Waals surface area contributed by atoms with E-state index in [2.05, 4.69) is 6.07 Å². The molecule has 3 aromatic rings. The van der Waals surface area contributed by atoms with Crippen molar-refractivity contribution < 1.29 is 14.6 Å². The molecule has 0 bridgehead atoms. The Labute approximate surface area is 185 Å². The minimum Gasteiger partial charge on any atom is -0.455 e. The molecule has 0 saturated heterocycles. The average Bonchev–Trinajstić information content (AvgIpc) is 3.16. The zero-order chi connectivity index (χ0) is 22.5. The van der Waals surface area contributed by atoms with Gasteiger partial charge in [0, 0.05) is 16.5 Å². The van der Waals surface area contributed by atoms with Gasteiger partial charge in [0.1, 0.15) is 6.10 Å². The van der Waals surface area contributed by atoms with Crippen LogP contribution < -0.4 is 11.3 Å². The number of ether oxygens (including phenoxy) is 1. The molecule has 0 radical (unpaired) electrons. The molecule has 2 aliphatic rings. The highest BCUT2D eigenvalue weighted by molar-refractivity contribution is 5.86. The summed E-state index contributed by atoms with van der Waals surface area (Å²) in [4.78, 5) is 31.3. The lowest BCUT2D eigenvalue weighted by Gasteiger charge is -2.36. The molecule has 0 aliphatic carbocycles. The summed E-state index contributed by atoms with van der Waals surface area (Å²) in [6, 6.07) is 11.7. The van der Waals surface area contributed by atoms with Gasteiger partial charge in [-0.05, 0) is 50.4 Å². The van der Waals surface area contributed by atoms with Crippen LogP contribution in [0.25, 0.3) is 22.3 Å². The van der Waals surface area contributed by atoms with Crippen molar-refractivity contribution in [3.05, 3.63) is 63.4 Å². The summed E-state index contributed by atoms with van der Waals surface area (Å²) in [6.45, 7) is 2.73. The fourth-order valence-corrected chi connectivity index (χ4v) is 4.93. The Morgan fingerprint density at radius 2 is 2.03 bits per heavy atom. The summed E-state index contributed by atoms with van der Waals surface area (Å²) in [5.41, 5.74) is 7.44. The SMILES string of the molecule is CC[C@@]1(O)C(=O)OC(CCCCCN)c2c1cc1n(c2=O)Cc2cc3ccccc3nc2-1. The van der Waals surface area contributed by atoms with Gasteiger partial charge in [-0.15, -0.1) is 0 Å². The number of carbonyl (C=O) groups excluding carboxylic acids is 1. The summed E-state index contributed by atoms with van der Waals surface area (Å²) in [5, 5.41) is 12.3. The average molecular weight is 434 g/mol. The van der Waals surface area contributed by atoms with E-state index < -0.39 is 17.7 Å². The molecule has 166 valence electrons. The highest BCUT2D eigenvalue weighted by Gasteiger charge is 2.48. The first-order chi connectivity index (χ1) is 15.5. The summed E-state index contributed by atoms with van der Waals surface area (Å²) in [7, 11) is 0. The first-order valence-electron chi connectivity index (χ1n) is 11.3. The van der Waals surface area contributed by atoms with Crippen molar-refractivity contribution in [3.63, 3.8) is 0 Å². The van der Waals surface area contributed by atoms with E-state index in [0.717, 1.165) is 41.4 Å². The number of fused-ring (bicyclic) bond motifs is 5. The fraction of sp³-hybridized carbons (Fsp3) is 0.400. The molecule has 7 heteroatoms. The number of esters is 1. The van der Waals surface area contributed by atoms with Crippen LogP contribution in [0.1, 0.15) is 61.8 Å². The van der Waals surface area contributed by atoms with Gasteiger partial charge in [0.25, 0.3) is 5.56 Å². The Balaban J connectivity index is 1.67. The highest BCUT2D eigenvalue weighted by atomic mass is 16.6. The van der Waals surface area contributed by atoms with Crippen molar-refractivity contribution in [2.45, 2.75) is 57.3 Å². The number of hydrogen-bond donors (Lipinski definition) is 2. The number of unbranched alkanes of at least 4 members (excludes halogenated alkanes) is 2. The molecular formula is C25H27N3O4. The number of rotatable bonds is 6. The molecule has 1 aromatic carbocycles. The van der Waals surface area contributed by atoms with E-state index in [9.17, 15) is 14.7 Å². The molecule has 0 saturated carbocycles. The van der Waals surface area contributed by atoms with Gasteiger partial charge in [-0.3, -0.25) is 4.79 Å². The molecule has 7 nitrogen and oxygen atoms in total. The number of aromatic nitrogens is 2. The predicted molar refractivity (Wildman–Crippen MR) is 121 cm³/mol. The fourth-order valence-electron chi connectivity index (χ4n) is 4.93. The normalized spacial score (nSPS) is 21.2. The van der Waals surface area contributed by atoms with Crippen LogP contribution in [0.4, 0.5) is 0 Å². The van der Waals surface area contributed by atoms with Crippen molar-refractivity contribution in [2.75, 3.05) is 6.54 Å². The lowest BCUT2D eigenvalue weighted by atomic mass is 9.82. The highest BCUT2D eigenvalue weighted by Crippen LogP contribution is 2.43. The van der Waals surface area contributed by atoms with Crippen LogP contribution in [0.15, 0.2) is 41.2 Å². The summed E-state index contributed by atoms with van der Waals surface area (Å²) < 4.78 is 7.32. The first kappa shape index (κ1) is 20.8. The zero-order valence-corrected chi connectivity index (χ0v) is 18.1. The Morgan fingerprint density at radius 3 is 2.81 bits per heavy atom. The van der Waals surface area contributed by atoms with Gasteiger partial charge in [0.2, 0.25) is 0 Å². The maximum absolute atomic E-state index is 13.7. The molecule has 1 unspecified atom stereocenters. The van der Waals surface area contributed by atoms with Gasteiger partial charge < -0.3 is 20.1 Å². The van der Waals surface area contributed by atoms with E-state index >= 15 is 0 Å². The Kier molecular flexibility index (Phi) is 5.10. The van der Waals surface area contributed by atoms with E-state index in [1.165, 1.54) is 0 Å². The predicted octanol–water partition coefficient (Wildman–Crippen LogP) is 3.14. The lowest BCUT2D eigenvalue weighted by Crippen LogP contribution is -2.46. The summed E-state index contributed by atoms with van der Waals surface area (Å²) in [6.07, 6.45) is 2.55. The van der Waals surface area contributed by atoms with Crippen LogP contribution in [0.2, 0.25) is 0 Å². The Bertz CT molecular complexity index is 1280. The number of nitrogens with two attached hydrogens (primary N) is 1. The monoisotopic (exact) mass is 433 g/mol. The molecule has 3 N–H and O–H groups in total. The van der Waals surface area contributed by atoms with Gasteiger partial charge in [0.15, 0.2) is 5.60 Å². The third kappa shape index (κ3) is 3.07. The molecule has 0 spiro atoms. The van der Waals surface area contributed by atoms with Gasteiger partial charge in [0.05, 0.1) is 29.0 Å². The van der Waals surface area contributed by atoms with Crippen molar-refractivity contribution >= 4 is 16.9 Å². The first-order valence-corrected chi connectivity index (χ1v) is 11.3. The molecule has 0 fully saturated rings. The van der Waals surface area contributed by atoms with Gasteiger partial charge >= 0.3 is 5.97 Å². The molecule has 0 amide bonds. The largest absolute Gasteiger partial charge is 0.455 e. The number of hydrogen-bond acceptors (Lipinski definition) is 6. The standard InChI is InChI=1S/C25H27N3O4/c1-2-25(31)17-13-19-22-16(12-15-8-5-6-9-18(15)27-22)14-28(19)23(29)21(17)20(32-24(25)30)10-4-3-7-11-26/h5-6,8-9,12-13,20,31H,2-4,7,10-11,14,26H2,1H3/t20?,25-/m0/s1. The van der Waals surface area contributed by atoms with Crippen molar-refractivity contribution in [3.8, 4) is 11.4 Å². The minimum absolute atomic E-state index is 0.125. The maximum Gasteiger partial charge on any atom is 0.343 e. The molecule has 2 aromatic heterocycles. The summed E-state index contributed by atoms with van der Waals surface area (Å²) in [5.74, 6) is -0.689. The van der Waals surface area contributed by atoms with Crippen molar-refractivity contribution in [2.24, 2.45) is 5.73 Å². The molecule has 5 rings (SSSR count). The van der Waals surface area contributed by atoms with E-state index in [1.807, 2.05) is 24.3 Å². The van der Waals surface area contributed by atoms with Crippen molar-refractivity contribution in [1.82, 2.24) is 9.55 Å². The van der Waals surface area contributed by atoms with E-state index in [0.29, 0.717) is 36.3 Å². The van der Waals surface area contributed by atoms with E-state index in [-0.39, 0.29) is 12.0 Å². The molecular weight excluding hydrogens is 406 g/mol. The third-order valence-corrected chi connectivity index (χ3v) is 6.75. The van der Waals surface area contributed by atoms with Crippen LogP contribution >= 0.6 is 0 Å². The van der Waals surface area contributed by atoms with Crippen LogP contribution in [0.3, 0.4) is 0 Å². The molecule has 2 atom stereocenters. The molecule has 2 aliphatic heterocycles. The number of pyridine rings is 2. The lowest BCUT2D eigenvalue weighted by molar-refractivity contribution is -0.178. The second-order valence-electron chi connectivity index (χ2n) is 8.68. The Hall–Kier alpha value is -3.03. The number of para-hydroxylation sites is 1. The van der Waals surface area contributed by atoms with E-state index in [1.54, 1.807) is 17.6 Å². The zero-order valence-electron chi connectivity index (χ0n) is 18.1. The van der Waals surface area contributed by atoms with Gasteiger partial charge in [-0.1, -0.05) is 31.5 Å². The quantitative estimate of drug-likeness (QED) is 0.357. The smallest absolute Gasteiger partial charge is 0.343 e. The number of cyclic esters (lactones) is 1. The van der Waals surface area contributed by atoms with Crippen LogP contribution in [-0.4, -0.2) is 27.2 Å². The van der Waals surface area contributed by atoms with Crippen LogP contribution in [0, 0.1) is 0 Å². The molecule has 4 heterocycles. The number of aliphatic hydroxyl groups is 1.